The number of benzene rings is 1. The lowest BCUT2D eigenvalue weighted by Gasteiger charge is -2.63. The predicted octanol–water partition coefficient (Wildman–Crippen LogP) is 6.42. The molecule has 0 aliphatic heterocycles. The third kappa shape index (κ3) is 5.62. The molecule has 0 aromatic heterocycles. The monoisotopic (exact) mass is 582 g/mol. The van der Waals surface area contributed by atoms with Crippen LogP contribution in [0, 0.1) is 46.3 Å². The highest BCUT2D eigenvalue weighted by atomic mass is 16.6. The molecule has 4 fully saturated rings. The van der Waals surface area contributed by atoms with Gasteiger partial charge in [-0.15, -0.1) is 0 Å². The van der Waals surface area contributed by atoms with E-state index in [4.69, 9.17) is 14.2 Å². The van der Waals surface area contributed by atoms with Gasteiger partial charge < -0.3 is 19.3 Å². The Balaban J connectivity index is 1.43. The quantitative estimate of drug-likeness (QED) is 0.279. The summed E-state index contributed by atoms with van der Waals surface area (Å²) < 4.78 is 17.1. The van der Waals surface area contributed by atoms with Gasteiger partial charge in [0.1, 0.15) is 12.2 Å². The predicted molar refractivity (Wildman–Crippen MR) is 158 cm³/mol. The SMILES string of the molecule is COC(=O)CC[C@@H](C)[C@H]1CC[C@H]2[C@@H]3CC[C@@H]4C[C@H](OC(C)=O)CC[C@]4(C)[C@H]3C[C@H](OC(=O)[C@H](O)c3ccccc3)[C@]12C. The summed E-state index contributed by atoms with van der Waals surface area (Å²) in [5, 5.41) is 11.0. The lowest BCUT2D eigenvalue weighted by atomic mass is 9.43. The number of carbonyl (C=O) groups is 3. The zero-order valence-corrected chi connectivity index (χ0v) is 26.1. The molecule has 7 heteroatoms. The minimum absolute atomic E-state index is 0.00727. The number of hydrogen-bond donors (Lipinski definition) is 1. The zero-order chi connectivity index (χ0) is 30.2. The van der Waals surface area contributed by atoms with E-state index >= 15 is 0 Å². The second kappa shape index (κ2) is 12.3. The highest BCUT2D eigenvalue weighted by Crippen LogP contribution is 2.69. The third-order valence-electron chi connectivity index (χ3n) is 12.4. The number of aliphatic hydroxyl groups is 1. The molecule has 0 radical (unpaired) electrons. The molecule has 5 rings (SSSR count). The van der Waals surface area contributed by atoms with Crippen molar-refractivity contribution in [2.75, 3.05) is 7.11 Å². The Kier molecular flexibility index (Phi) is 9.08. The average Bonchev–Trinajstić information content (AvgIpc) is 3.34. The van der Waals surface area contributed by atoms with E-state index in [1.165, 1.54) is 14.0 Å². The molecule has 4 aliphatic carbocycles. The first-order valence-corrected chi connectivity index (χ1v) is 16.2. The summed E-state index contributed by atoms with van der Waals surface area (Å²) in [6, 6.07) is 9.02. The van der Waals surface area contributed by atoms with Gasteiger partial charge in [0.25, 0.3) is 0 Å². The fraction of sp³-hybridized carbons (Fsp3) is 0.743. The van der Waals surface area contributed by atoms with Gasteiger partial charge in [-0.2, -0.15) is 0 Å². The van der Waals surface area contributed by atoms with E-state index in [1.54, 1.807) is 12.1 Å². The fourth-order valence-corrected chi connectivity index (χ4v) is 10.3. The van der Waals surface area contributed by atoms with Crippen molar-refractivity contribution in [3.63, 3.8) is 0 Å². The summed E-state index contributed by atoms with van der Waals surface area (Å²) >= 11 is 0. The standard InChI is InChI=1S/C35H50O7/c1-21(11-16-31(37)40-5)27-14-15-28-26-13-12-24-19-25(41-22(2)36)17-18-34(24,3)29(26)20-30(35(27,28)4)42-33(39)32(38)23-9-7-6-8-10-23/h6-10,21,24-30,32,38H,11-20H2,1-5H3/t21-,24-,25-,26+,27-,28+,29+,30+,32-,34+,35-/m1/s1. The maximum atomic E-state index is 13.6. The van der Waals surface area contributed by atoms with Gasteiger partial charge in [0.05, 0.1) is 7.11 Å². The molecule has 0 heterocycles. The maximum Gasteiger partial charge on any atom is 0.339 e. The van der Waals surface area contributed by atoms with Crippen LogP contribution in [0.15, 0.2) is 30.3 Å². The van der Waals surface area contributed by atoms with E-state index < -0.39 is 12.1 Å². The fourth-order valence-electron chi connectivity index (χ4n) is 10.3. The van der Waals surface area contributed by atoms with E-state index in [0.717, 1.165) is 57.8 Å². The van der Waals surface area contributed by atoms with Crippen LogP contribution in [0.2, 0.25) is 0 Å². The minimum Gasteiger partial charge on any atom is -0.469 e. The summed E-state index contributed by atoms with van der Waals surface area (Å²) in [5.74, 6) is 1.47. The first-order chi connectivity index (χ1) is 20.0. The molecule has 232 valence electrons. The molecular formula is C35H50O7. The van der Waals surface area contributed by atoms with Crippen molar-refractivity contribution in [2.24, 2.45) is 46.3 Å². The number of hydrogen-bond acceptors (Lipinski definition) is 7. The van der Waals surface area contributed by atoms with Crippen molar-refractivity contribution in [3.05, 3.63) is 35.9 Å². The molecule has 4 aliphatic rings. The van der Waals surface area contributed by atoms with Crippen LogP contribution in [0.3, 0.4) is 0 Å². The number of aliphatic hydroxyl groups excluding tert-OH is 1. The number of carbonyl (C=O) groups excluding carboxylic acids is 3. The number of fused-ring (bicyclic) bond motifs is 5. The van der Waals surface area contributed by atoms with E-state index in [9.17, 15) is 19.5 Å². The second-order valence-corrected chi connectivity index (χ2v) is 14.3. The Morgan fingerprint density at radius 1 is 0.976 bits per heavy atom. The average molecular weight is 583 g/mol. The number of esters is 3. The second-order valence-electron chi connectivity index (χ2n) is 14.3. The number of methoxy groups -OCH3 is 1. The molecule has 1 aromatic carbocycles. The normalized spacial score (nSPS) is 38.7. The van der Waals surface area contributed by atoms with Gasteiger partial charge in [-0.05, 0) is 104 Å². The molecular weight excluding hydrogens is 532 g/mol. The summed E-state index contributed by atoms with van der Waals surface area (Å²) in [6.07, 6.45) is 7.51. The zero-order valence-electron chi connectivity index (χ0n) is 26.1. The van der Waals surface area contributed by atoms with Gasteiger partial charge in [-0.25, -0.2) is 4.79 Å². The van der Waals surface area contributed by atoms with E-state index in [1.807, 2.05) is 18.2 Å². The molecule has 7 nitrogen and oxygen atoms in total. The highest BCUT2D eigenvalue weighted by molar-refractivity contribution is 5.76. The smallest absolute Gasteiger partial charge is 0.339 e. The van der Waals surface area contributed by atoms with Crippen LogP contribution in [0.5, 0.6) is 0 Å². The van der Waals surface area contributed by atoms with E-state index in [0.29, 0.717) is 41.6 Å². The highest BCUT2D eigenvalue weighted by Gasteiger charge is 2.65. The first-order valence-electron chi connectivity index (χ1n) is 16.2. The molecule has 0 amide bonds. The van der Waals surface area contributed by atoms with Crippen LogP contribution in [0.4, 0.5) is 0 Å². The lowest BCUT2D eigenvalue weighted by molar-refractivity contribution is -0.204. The Morgan fingerprint density at radius 3 is 2.40 bits per heavy atom. The Hall–Kier alpha value is -2.41. The summed E-state index contributed by atoms with van der Waals surface area (Å²) in [4.78, 5) is 37.3. The summed E-state index contributed by atoms with van der Waals surface area (Å²) in [5.41, 5.74) is 0.403. The van der Waals surface area contributed by atoms with Crippen LogP contribution < -0.4 is 0 Å². The third-order valence-corrected chi connectivity index (χ3v) is 12.4. The van der Waals surface area contributed by atoms with Gasteiger partial charge >= 0.3 is 17.9 Å². The largest absolute Gasteiger partial charge is 0.469 e. The van der Waals surface area contributed by atoms with Gasteiger partial charge in [-0.3, -0.25) is 9.59 Å². The molecule has 0 spiro atoms. The molecule has 4 saturated carbocycles. The first kappa shape index (κ1) is 31.0. The van der Waals surface area contributed by atoms with Crippen molar-refractivity contribution >= 4 is 17.9 Å². The van der Waals surface area contributed by atoms with Crippen LogP contribution in [0.1, 0.15) is 104 Å². The Bertz CT molecular complexity index is 1140. The summed E-state index contributed by atoms with van der Waals surface area (Å²) in [7, 11) is 1.44. The Morgan fingerprint density at radius 2 is 1.71 bits per heavy atom. The molecule has 42 heavy (non-hydrogen) atoms. The molecule has 0 bridgehead atoms. The van der Waals surface area contributed by atoms with Crippen molar-refractivity contribution in [2.45, 2.75) is 110 Å². The number of rotatable bonds is 8. The van der Waals surface area contributed by atoms with Crippen molar-refractivity contribution in [1.29, 1.82) is 0 Å². The van der Waals surface area contributed by atoms with Crippen LogP contribution >= 0.6 is 0 Å². The molecule has 1 aromatic rings. The Labute approximate surface area is 251 Å². The van der Waals surface area contributed by atoms with Gasteiger partial charge in [0, 0.05) is 18.8 Å². The van der Waals surface area contributed by atoms with Gasteiger partial charge in [0.2, 0.25) is 0 Å². The van der Waals surface area contributed by atoms with E-state index in [2.05, 4.69) is 20.8 Å². The number of ether oxygens (including phenoxy) is 3. The molecule has 0 saturated heterocycles. The summed E-state index contributed by atoms with van der Waals surface area (Å²) in [6.45, 7) is 8.50. The lowest BCUT2D eigenvalue weighted by Crippen LogP contribution is -2.59. The van der Waals surface area contributed by atoms with Crippen molar-refractivity contribution in [1.82, 2.24) is 0 Å². The van der Waals surface area contributed by atoms with Gasteiger partial charge in [0.15, 0.2) is 6.10 Å². The van der Waals surface area contributed by atoms with Crippen molar-refractivity contribution < 1.29 is 33.7 Å². The topological polar surface area (TPSA) is 99.1 Å². The minimum atomic E-state index is -1.32. The molecule has 0 unspecified atom stereocenters. The molecule has 1 N–H and O–H groups in total. The van der Waals surface area contributed by atoms with E-state index in [-0.39, 0.29) is 40.9 Å². The van der Waals surface area contributed by atoms with Crippen LogP contribution in [-0.4, -0.2) is 42.3 Å². The van der Waals surface area contributed by atoms with Gasteiger partial charge in [-0.1, -0.05) is 51.1 Å². The van der Waals surface area contributed by atoms with Crippen molar-refractivity contribution in [3.8, 4) is 0 Å². The van der Waals surface area contributed by atoms with Crippen LogP contribution in [-0.2, 0) is 28.6 Å². The maximum absolute atomic E-state index is 13.6. The molecule has 11 atom stereocenters. The van der Waals surface area contributed by atoms with Crippen LogP contribution in [0.25, 0.3) is 0 Å².